The predicted molar refractivity (Wildman–Crippen MR) is 129 cm³/mol. The lowest BCUT2D eigenvalue weighted by molar-refractivity contribution is -0.182. The molecule has 0 saturated heterocycles. The normalized spacial score (nSPS) is 14.5. The Kier molecular flexibility index (Phi) is 10.7. The number of nitrogens with zero attached hydrogens (tertiary/aromatic N) is 1. The van der Waals surface area contributed by atoms with Crippen LogP contribution < -0.4 is 0 Å². The minimum absolute atomic E-state index is 0.176. The summed E-state index contributed by atoms with van der Waals surface area (Å²) in [7, 11) is 4.00. The van der Waals surface area contributed by atoms with E-state index in [4.69, 9.17) is 9.47 Å². The van der Waals surface area contributed by atoms with Crippen molar-refractivity contribution in [1.29, 1.82) is 0 Å². The molecule has 5 heteroatoms. The number of carbonyl (C=O) groups is 2. The molecule has 0 amide bonds. The smallest absolute Gasteiger partial charge is 0.306 e. The van der Waals surface area contributed by atoms with Gasteiger partial charge in [0.15, 0.2) is 0 Å². The summed E-state index contributed by atoms with van der Waals surface area (Å²) in [5, 5.41) is 0. The molecule has 0 spiro atoms. The Hall–Kier alpha value is -1.62. The molecule has 1 atom stereocenters. The van der Waals surface area contributed by atoms with E-state index < -0.39 is 10.8 Å². The first-order valence-corrected chi connectivity index (χ1v) is 11.2. The molecule has 0 aromatic heterocycles. The van der Waals surface area contributed by atoms with Gasteiger partial charge in [-0.2, -0.15) is 0 Å². The molecule has 0 radical (unpaired) electrons. The van der Waals surface area contributed by atoms with Crippen molar-refractivity contribution < 1.29 is 19.1 Å². The van der Waals surface area contributed by atoms with E-state index in [9.17, 15) is 9.59 Å². The molecule has 0 fully saturated rings. The monoisotopic (exact) mass is 437 g/mol. The van der Waals surface area contributed by atoms with Gasteiger partial charge in [0.05, 0.1) is 6.26 Å². The van der Waals surface area contributed by atoms with Gasteiger partial charge >= 0.3 is 5.97 Å². The highest BCUT2D eigenvalue weighted by Gasteiger charge is 2.55. The lowest BCUT2D eigenvalue weighted by Crippen LogP contribution is -2.55. The molecule has 1 unspecified atom stereocenters. The molecule has 0 saturated carbocycles. The van der Waals surface area contributed by atoms with Gasteiger partial charge in [-0.25, -0.2) is 0 Å². The Morgan fingerprint density at radius 2 is 1.45 bits per heavy atom. The number of ether oxygens (including phenoxy) is 2. The van der Waals surface area contributed by atoms with Crippen molar-refractivity contribution in [2.75, 3.05) is 20.6 Å². The van der Waals surface area contributed by atoms with Gasteiger partial charge in [-0.1, -0.05) is 67.0 Å². The van der Waals surface area contributed by atoms with Gasteiger partial charge in [0.2, 0.25) is 0 Å². The second kappa shape index (κ2) is 11.3. The average molecular weight is 438 g/mol. The highest BCUT2D eigenvalue weighted by Crippen LogP contribution is 2.55. The zero-order chi connectivity index (χ0) is 24.7. The van der Waals surface area contributed by atoms with Crippen molar-refractivity contribution in [2.24, 2.45) is 21.7 Å². The fourth-order valence-corrected chi connectivity index (χ4v) is 3.97. The van der Waals surface area contributed by atoms with E-state index in [1.165, 1.54) is 11.8 Å². The molecule has 31 heavy (non-hydrogen) atoms. The van der Waals surface area contributed by atoms with E-state index >= 15 is 0 Å². The first-order valence-electron chi connectivity index (χ1n) is 11.2. The van der Waals surface area contributed by atoms with E-state index in [-0.39, 0.29) is 22.9 Å². The molecule has 0 N–H and O–H groups in total. The number of hydrogen-bond acceptors (Lipinski definition) is 5. The number of hydrogen-bond donors (Lipinski definition) is 0. The Morgan fingerprint density at radius 3 is 1.90 bits per heavy atom. The zero-order valence-electron chi connectivity index (χ0n) is 22.1. The van der Waals surface area contributed by atoms with Crippen LogP contribution in [0.4, 0.5) is 0 Å². The van der Waals surface area contributed by atoms with Crippen molar-refractivity contribution in [2.45, 2.75) is 88.2 Å². The van der Waals surface area contributed by atoms with Crippen LogP contribution in [0.1, 0.15) is 82.1 Å². The first kappa shape index (κ1) is 29.4. The lowest BCUT2D eigenvalue weighted by atomic mass is 9.53. The van der Waals surface area contributed by atoms with Crippen LogP contribution in [0.5, 0.6) is 0 Å². The summed E-state index contributed by atoms with van der Waals surface area (Å²) in [6.45, 7) is 22.6. The van der Waals surface area contributed by atoms with Gasteiger partial charge in [-0.15, -0.1) is 0 Å². The van der Waals surface area contributed by atoms with Gasteiger partial charge in [-0.3, -0.25) is 9.59 Å². The van der Waals surface area contributed by atoms with Crippen LogP contribution in [0.15, 0.2) is 24.0 Å². The lowest BCUT2D eigenvalue weighted by Gasteiger charge is -2.55. The molecule has 0 aliphatic carbocycles. The van der Waals surface area contributed by atoms with Crippen LogP contribution in [0.25, 0.3) is 0 Å². The van der Waals surface area contributed by atoms with Gasteiger partial charge in [0, 0.05) is 17.3 Å². The summed E-state index contributed by atoms with van der Waals surface area (Å²) < 4.78 is 11.1. The quantitative estimate of drug-likeness (QED) is 0.153. The van der Waals surface area contributed by atoms with Crippen molar-refractivity contribution in [3.05, 3.63) is 24.0 Å². The number of esters is 1. The van der Waals surface area contributed by atoms with Crippen LogP contribution in [0.2, 0.25) is 0 Å². The maximum Gasteiger partial charge on any atom is 0.306 e. The molecular weight excluding hydrogens is 390 g/mol. The first-order chi connectivity index (χ1) is 13.9. The van der Waals surface area contributed by atoms with Crippen molar-refractivity contribution in [3.8, 4) is 0 Å². The number of allylic oxidation sites excluding steroid dienone is 3. The van der Waals surface area contributed by atoms with Crippen molar-refractivity contribution >= 4 is 12.4 Å². The highest BCUT2D eigenvalue weighted by molar-refractivity contribution is 5.69. The minimum atomic E-state index is -0.455. The maximum absolute atomic E-state index is 12.9. The average Bonchev–Trinajstić information content (AvgIpc) is 2.57. The molecule has 0 aromatic carbocycles. The third kappa shape index (κ3) is 8.10. The van der Waals surface area contributed by atoms with Crippen LogP contribution in [0.3, 0.4) is 0 Å². The molecule has 0 aliphatic heterocycles. The number of rotatable bonds is 13. The Morgan fingerprint density at radius 1 is 0.935 bits per heavy atom. The van der Waals surface area contributed by atoms with E-state index in [1.807, 2.05) is 20.2 Å². The molecular formula is C26H47NO4. The second-order valence-corrected chi connectivity index (χ2v) is 11.4. The molecule has 0 aromatic rings. The topological polar surface area (TPSA) is 55.8 Å². The highest BCUT2D eigenvalue weighted by atomic mass is 16.5. The standard InChI is InChI=1S/C26H47NO4/c1-20(2)18-24(5,6)26(9,10)22(31-21(29)14-13-16-27(11)12)25(7,8)23(3,4)15-17-30-19-28/h15,17-19,22H,13-14,16H2,1-12H3. The van der Waals surface area contributed by atoms with Crippen molar-refractivity contribution in [1.82, 2.24) is 4.90 Å². The van der Waals surface area contributed by atoms with Crippen LogP contribution in [-0.4, -0.2) is 44.1 Å². The van der Waals surface area contributed by atoms with Crippen molar-refractivity contribution in [3.63, 3.8) is 0 Å². The molecule has 0 bridgehead atoms. The van der Waals surface area contributed by atoms with Crippen LogP contribution in [-0.2, 0) is 19.1 Å². The predicted octanol–water partition coefficient (Wildman–Crippen LogP) is 6.00. The van der Waals surface area contributed by atoms with Crippen LogP contribution >= 0.6 is 0 Å². The van der Waals surface area contributed by atoms with E-state index in [0.717, 1.165) is 13.0 Å². The zero-order valence-corrected chi connectivity index (χ0v) is 22.1. The minimum Gasteiger partial charge on any atom is -0.461 e. The Labute approximate surface area is 191 Å². The van der Waals surface area contributed by atoms with Crippen LogP contribution in [0, 0.1) is 21.7 Å². The van der Waals surface area contributed by atoms with E-state index in [2.05, 4.69) is 80.2 Å². The van der Waals surface area contributed by atoms with Gasteiger partial charge < -0.3 is 14.4 Å². The Bertz CT molecular complexity index is 650. The summed E-state index contributed by atoms with van der Waals surface area (Å²) in [4.78, 5) is 25.6. The fourth-order valence-electron chi connectivity index (χ4n) is 3.97. The summed E-state index contributed by atoms with van der Waals surface area (Å²) in [6.07, 6.45) is 6.31. The van der Waals surface area contributed by atoms with E-state index in [0.29, 0.717) is 12.9 Å². The van der Waals surface area contributed by atoms with Gasteiger partial charge in [-0.05, 0) is 57.8 Å². The summed E-state index contributed by atoms with van der Waals surface area (Å²) in [5.41, 5.74) is -0.240. The second-order valence-electron chi connectivity index (χ2n) is 11.4. The largest absolute Gasteiger partial charge is 0.461 e. The number of carbonyl (C=O) groups excluding carboxylic acids is 2. The molecule has 0 heterocycles. The summed E-state index contributed by atoms with van der Waals surface area (Å²) in [5.74, 6) is -0.176. The molecule has 0 rings (SSSR count). The SMILES string of the molecule is CC(C)=CC(C)(C)C(C)(C)C(OC(=O)CCCN(C)C)C(C)(C)C(C)(C)C=COC=O. The Balaban J connectivity index is 6.22. The maximum atomic E-state index is 12.9. The van der Waals surface area contributed by atoms with E-state index in [1.54, 1.807) is 0 Å². The van der Waals surface area contributed by atoms with Gasteiger partial charge in [0.25, 0.3) is 6.47 Å². The third-order valence-electron chi connectivity index (χ3n) is 7.14. The molecule has 0 aliphatic rings. The molecule has 180 valence electrons. The third-order valence-corrected chi connectivity index (χ3v) is 7.14. The molecule has 5 nitrogen and oxygen atoms in total. The fraction of sp³-hybridized carbons (Fsp3) is 0.769. The summed E-state index contributed by atoms with van der Waals surface area (Å²) >= 11 is 0. The van der Waals surface area contributed by atoms with Gasteiger partial charge in [0.1, 0.15) is 6.10 Å². The summed E-state index contributed by atoms with van der Waals surface area (Å²) in [6, 6.07) is 0.